The second-order valence-electron chi connectivity index (χ2n) is 1.47. The van der Waals surface area contributed by atoms with Crippen molar-refractivity contribution < 1.29 is 10.0 Å². The van der Waals surface area contributed by atoms with Gasteiger partial charge in [-0.05, 0) is 6.32 Å². The molecule has 2 nitrogen and oxygen atoms in total. The first-order valence-corrected chi connectivity index (χ1v) is 4.26. The molecule has 0 heterocycles. The standard InChI is InChI=1S/C3H7BBr2O2/c5-2-3(6)1-4(7)8/h3,7-8H,1-2H2. The van der Waals surface area contributed by atoms with E-state index in [0.717, 1.165) is 5.33 Å². The summed E-state index contributed by atoms with van der Waals surface area (Å²) in [6.45, 7) is 0. The molecule has 0 rings (SSSR count). The van der Waals surface area contributed by atoms with Crippen LogP contribution in [0.1, 0.15) is 0 Å². The number of alkyl halides is 2. The monoisotopic (exact) mass is 244 g/mol. The van der Waals surface area contributed by atoms with Crippen molar-refractivity contribution in [3.05, 3.63) is 0 Å². The molecule has 0 aromatic heterocycles. The first kappa shape index (κ1) is 8.94. The van der Waals surface area contributed by atoms with E-state index in [-0.39, 0.29) is 4.83 Å². The van der Waals surface area contributed by atoms with Crippen molar-refractivity contribution in [2.75, 3.05) is 5.33 Å². The van der Waals surface area contributed by atoms with E-state index < -0.39 is 7.12 Å². The first-order chi connectivity index (χ1) is 3.66. The molecule has 2 N–H and O–H groups in total. The Kier molecular flexibility index (Phi) is 5.36. The van der Waals surface area contributed by atoms with Crippen molar-refractivity contribution in [1.29, 1.82) is 0 Å². The SMILES string of the molecule is OB(O)CC(Br)CBr. The van der Waals surface area contributed by atoms with Crippen LogP contribution in [0.5, 0.6) is 0 Å². The quantitative estimate of drug-likeness (QED) is 0.565. The molecule has 0 aromatic rings. The van der Waals surface area contributed by atoms with Crippen molar-refractivity contribution in [3.63, 3.8) is 0 Å². The summed E-state index contributed by atoms with van der Waals surface area (Å²) in [7, 11) is -1.20. The largest absolute Gasteiger partial charge is 0.452 e. The van der Waals surface area contributed by atoms with Gasteiger partial charge in [0.2, 0.25) is 0 Å². The van der Waals surface area contributed by atoms with E-state index in [1.807, 2.05) is 0 Å². The van der Waals surface area contributed by atoms with Crippen molar-refractivity contribution >= 4 is 39.0 Å². The van der Waals surface area contributed by atoms with E-state index in [1.54, 1.807) is 0 Å². The Balaban J connectivity index is 3.10. The second-order valence-corrected chi connectivity index (χ2v) is 3.41. The van der Waals surface area contributed by atoms with Gasteiger partial charge in [0.05, 0.1) is 0 Å². The highest BCUT2D eigenvalue weighted by Crippen LogP contribution is 2.09. The number of halogens is 2. The molecule has 0 fully saturated rings. The van der Waals surface area contributed by atoms with E-state index >= 15 is 0 Å². The summed E-state index contributed by atoms with van der Waals surface area (Å²) in [5, 5.41) is 17.5. The Morgan fingerprint density at radius 3 is 2.12 bits per heavy atom. The van der Waals surface area contributed by atoms with E-state index in [0.29, 0.717) is 6.32 Å². The number of rotatable bonds is 3. The van der Waals surface area contributed by atoms with Crippen LogP contribution < -0.4 is 0 Å². The third kappa shape index (κ3) is 5.09. The molecular weight excluding hydrogens is 239 g/mol. The molecule has 0 saturated carbocycles. The van der Waals surface area contributed by atoms with E-state index in [1.165, 1.54) is 0 Å². The summed E-state index contributed by atoms with van der Waals surface area (Å²) in [4.78, 5) is 0.155. The molecule has 5 heteroatoms. The van der Waals surface area contributed by atoms with Crippen LogP contribution >= 0.6 is 31.9 Å². The molecule has 0 bridgehead atoms. The molecule has 0 aliphatic rings. The number of hydrogen-bond donors (Lipinski definition) is 2. The first-order valence-electron chi connectivity index (χ1n) is 2.23. The zero-order valence-electron chi connectivity index (χ0n) is 4.22. The summed E-state index contributed by atoms with van der Waals surface area (Å²) < 4.78 is 0. The maximum Gasteiger partial charge on any atom is 0.452 e. The molecule has 8 heavy (non-hydrogen) atoms. The minimum absolute atomic E-state index is 0.155. The summed E-state index contributed by atoms with van der Waals surface area (Å²) >= 11 is 6.38. The van der Waals surface area contributed by atoms with Gasteiger partial charge in [0.25, 0.3) is 0 Å². The topological polar surface area (TPSA) is 40.5 Å². The highest BCUT2D eigenvalue weighted by atomic mass is 79.9. The Hall–Kier alpha value is 0.945. The molecule has 0 aliphatic carbocycles. The molecule has 0 amide bonds. The van der Waals surface area contributed by atoms with Gasteiger partial charge in [-0.3, -0.25) is 0 Å². The average molecular weight is 246 g/mol. The van der Waals surface area contributed by atoms with Gasteiger partial charge in [-0.15, -0.1) is 0 Å². The summed E-state index contributed by atoms with van der Waals surface area (Å²) in [6.07, 6.45) is 0.366. The zero-order chi connectivity index (χ0) is 6.57. The van der Waals surface area contributed by atoms with Crippen LogP contribution in [0.4, 0.5) is 0 Å². The lowest BCUT2D eigenvalue weighted by Gasteiger charge is -2.01. The van der Waals surface area contributed by atoms with Gasteiger partial charge in [0.1, 0.15) is 0 Å². The van der Waals surface area contributed by atoms with Crippen LogP contribution in [0.15, 0.2) is 0 Å². The number of hydrogen-bond acceptors (Lipinski definition) is 2. The smallest absolute Gasteiger partial charge is 0.427 e. The molecule has 1 unspecified atom stereocenters. The molecule has 1 atom stereocenters. The predicted molar refractivity (Wildman–Crippen MR) is 41.5 cm³/mol. The van der Waals surface area contributed by atoms with Crippen LogP contribution in [0.2, 0.25) is 6.32 Å². The van der Waals surface area contributed by atoms with Gasteiger partial charge < -0.3 is 10.0 Å². The minimum Gasteiger partial charge on any atom is -0.427 e. The van der Waals surface area contributed by atoms with Crippen molar-refractivity contribution in [2.24, 2.45) is 0 Å². The summed E-state index contributed by atoms with van der Waals surface area (Å²) in [5.41, 5.74) is 0. The molecule has 0 spiro atoms. The molecule has 0 radical (unpaired) electrons. The van der Waals surface area contributed by atoms with Gasteiger partial charge in [-0.25, -0.2) is 0 Å². The third-order valence-corrected chi connectivity index (χ3v) is 2.98. The van der Waals surface area contributed by atoms with Crippen LogP contribution in [-0.4, -0.2) is 27.3 Å². The Bertz CT molecular complexity index is 61.2. The average Bonchev–Trinajstić information content (AvgIpc) is 1.65. The molecule has 48 valence electrons. The van der Waals surface area contributed by atoms with Gasteiger partial charge in [-0.1, -0.05) is 31.9 Å². The zero-order valence-corrected chi connectivity index (χ0v) is 7.39. The van der Waals surface area contributed by atoms with Gasteiger partial charge >= 0.3 is 7.12 Å². The fourth-order valence-corrected chi connectivity index (χ4v) is 0.890. The Labute approximate surface area is 65.7 Å². The summed E-state index contributed by atoms with van der Waals surface area (Å²) in [5.74, 6) is 0. The van der Waals surface area contributed by atoms with E-state index in [4.69, 9.17) is 10.0 Å². The highest BCUT2D eigenvalue weighted by molar-refractivity contribution is 9.12. The maximum atomic E-state index is 8.36. The lowest BCUT2D eigenvalue weighted by Crippen LogP contribution is -2.16. The van der Waals surface area contributed by atoms with Gasteiger partial charge in [0.15, 0.2) is 0 Å². The highest BCUT2D eigenvalue weighted by Gasteiger charge is 2.12. The lowest BCUT2D eigenvalue weighted by molar-refractivity contribution is 0.406. The molecule has 0 saturated heterocycles. The minimum atomic E-state index is -1.20. The molecule has 0 aliphatic heterocycles. The van der Waals surface area contributed by atoms with Crippen LogP contribution in [0.3, 0.4) is 0 Å². The lowest BCUT2D eigenvalue weighted by atomic mass is 9.85. The Morgan fingerprint density at radius 2 is 2.00 bits per heavy atom. The second kappa shape index (κ2) is 4.79. The fourth-order valence-electron chi connectivity index (χ4n) is 0.292. The fraction of sp³-hybridized carbons (Fsp3) is 1.00. The van der Waals surface area contributed by atoms with Crippen LogP contribution in [0, 0.1) is 0 Å². The molecular formula is C3H7BBr2O2. The van der Waals surface area contributed by atoms with Crippen LogP contribution in [-0.2, 0) is 0 Å². The van der Waals surface area contributed by atoms with Crippen molar-refractivity contribution in [3.8, 4) is 0 Å². The van der Waals surface area contributed by atoms with Gasteiger partial charge in [-0.2, -0.15) is 0 Å². The van der Waals surface area contributed by atoms with E-state index in [2.05, 4.69) is 31.9 Å². The normalized spacial score (nSPS) is 13.5. The maximum absolute atomic E-state index is 8.36. The van der Waals surface area contributed by atoms with Gasteiger partial charge in [0, 0.05) is 10.2 Å². The Morgan fingerprint density at radius 1 is 1.50 bits per heavy atom. The molecule has 0 aromatic carbocycles. The predicted octanol–water partition coefficient (Wildman–Crippen LogP) is 0.618. The third-order valence-electron chi connectivity index (χ3n) is 0.634. The van der Waals surface area contributed by atoms with Crippen molar-refractivity contribution in [1.82, 2.24) is 0 Å². The van der Waals surface area contributed by atoms with E-state index in [9.17, 15) is 0 Å². The van der Waals surface area contributed by atoms with Crippen LogP contribution in [0.25, 0.3) is 0 Å². The van der Waals surface area contributed by atoms with Crippen molar-refractivity contribution in [2.45, 2.75) is 11.1 Å². The summed E-state index contributed by atoms with van der Waals surface area (Å²) in [6, 6.07) is 0.